The molecule has 1 atom stereocenters. The second kappa shape index (κ2) is 11.0. The van der Waals surface area contributed by atoms with E-state index in [1.807, 2.05) is 33.9 Å². The van der Waals surface area contributed by atoms with Crippen LogP contribution >= 0.6 is 22.7 Å². The summed E-state index contributed by atoms with van der Waals surface area (Å²) in [7, 11) is 1.63. The zero-order valence-electron chi connectivity index (χ0n) is 18.5. The highest BCUT2D eigenvalue weighted by atomic mass is 32.1. The second-order valence-electron chi connectivity index (χ2n) is 8.01. The van der Waals surface area contributed by atoms with Crippen molar-refractivity contribution >= 4 is 34.5 Å². The molecule has 1 aromatic carbocycles. The number of rotatable bonds is 9. The van der Waals surface area contributed by atoms with Crippen LogP contribution in [0.2, 0.25) is 0 Å². The molecule has 1 aliphatic rings. The summed E-state index contributed by atoms with van der Waals surface area (Å²) < 4.78 is 18.7. The molecule has 0 aliphatic carbocycles. The standard InChI is InChI=1S/C25H27FN2O3S2/c1-31-13-3-11-27(23(29)16-20-4-2-14-32-20)17-24(30)28-12-9-22-21(10-15-33-22)25(28)18-5-7-19(26)8-6-18/h2,4-8,10,14-15,25H,3,9,11-13,16-17H2,1H3. The Hall–Kier alpha value is -2.55. The highest BCUT2D eigenvalue weighted by Gasteiger charge is 2.34. The molecule has 33 heavy (non-hydrogen) atoms. The van der Waals surface area contributed by atoms with E-state index in [-0.39, 0.29) is 36.6 Å². The zero-order valence-corrected chi connectivity index (χ0v) is 20.2. The molecule has 174 valence electrons. The summed E-state index contributed by atoms with van der Waals surface area (Å²) in [6.45, 7) is 1.57. The van der Waals surface area contributed by atoms with E-state index in [1.165, 1.54) is 28.3 Å². The van der Waals surface area contributed by atoms with Crippen molar-refractivity contribution in [3.63, 3.8) is 0 Å². The summed E-state index contributed by atoms with van der Waals surface area (Å²) in [6, 6.07) is 12.0. The van der Waals surface area contributed by atoms with E-state index in [0.29, 0.717) is 26.1 Å². The van der Waals surface area contributed by atoms with Crippen LogP contribution in [0.1, 0.15) is 33.3 Å². The summed E-state index contributed by atoms with van der Waals surface area (Å²) in [5.74, 6) is -0.465. The number of carbonyl (C=O) groups excluding carboxylic acids is 2. The number of hydrogen-bond donors (Lipinski definition) is 0. The van der Waals surface area contributed by atoms with Crippen molar-refractivity contribution in [1.29, 1.82) is 0 Å². The normalized spacial score (nSPS) is 15.3. The van der Waals surface area contributed by atoms with E-state index in [0.717, 1.165) is 22.4 Å². The monoisotopic (exact) mass is 486 g/mol. The summed E-state index contributed by atoms with van der Waals surface area (Å²) in [5, 5.41) is 3.99. The van der Waals surface area contributed by atoms with Crippen molar-refractivity contribution in [3.8, 4) is 0 Å². The Bertz CT molecular complexity index is 1070. The molecule has 2 aromatic heterocycles. The molecule has 0 radical (unpaired) electrons. The molecule has 0 bridgehead atoms. The van der Waals surface area contributed by atoms with Gasteiger partial charge in [0.2, 0.25) is 11.8 Å². The first-order chi connectivity index (χ1) is 16.1. The first-order valence-corrected chi connectivity index (χ1v) is 12.7. The Morgan fingerprint density at radius 2 is 1.97 bits per heavy atom. The van der Waals surface area contributed by atoms with Crippen LogP contribution in [-0.2, 0) is 27.2 Å². The third-order valence-corrected chi connectivity index (χ3v) is 7.71. The largest absolute Gasteiger partial charge is 0.385 e. The Labute approximate surface area is 201 Å². The molecule has 4 rings (SSSR count). The summed E-state index contributed by atoms with van der Waals surface area (Å²) in [5.41, 5.74) is 1.96. The van der Waals surface area contributed by atoms with Crippen LogP contribution < -0.4 is 0 Å². The minimum atomic E-state index is -0.304. The molecule has 3 aromatic rings. The third-order valence-electron chi connectivity index (χ3n) is 5.83. The summed E-state index contributed by atoms with van der Waals surface area (Å²) in [4.78, 5) is 32.3. The topological polar surface area (TPSA) is 49.9 Å². The number of methoxy groups -OCH3 is 1. The van der Waals surface area contributed by atoms with Gasteiger partial charge >= 0.3 is 0 Å². The number of amides is 2. The quantitative estimate of drug-likeness (QED) is 0.418. The minimum Gasteiger partial charge on any atom is -0.385 e. The van der Waals surface area contributed by atoms with Gasteiger partial charge < -0.3 is 14.5 Å². The predicted octanol–water partition coefficient (Wildman–Crippen LogP) is 4.53. The van der Waals surface area contributed by atoms with Gasteiger partial charge in [-0.25, -0.2) is 4.39 Å². The molecular weight excluding hydrogens is 459 g/mol. The fraction of sp³-hybridized carbons (Fsp3) is 0.360. The van der Waals surface area contributed by atoms with Gasteiger partial charge in [-0.05, 0) is 59.0 Å². The van der Waals surface area contributed by atoms with Crippen LogP contribution in [-0.4, -0.2) is 55.0 Å². The number of carbonyl (C=O) groups is 2. The van der Waals surface area contributed by atoms with Crippen molar-refractivity contribution in [1.82, 2.24) is 9.80 Å². The highest BCUT2D eigenvalue weighted by molar-refractivity contribution is 7.10. The van der Waals surface area contributed by atoms with Crippen molar-refractivity contribution in [2.24, 2.45) is 0 Å². The maximum absolute atomic E-state index is 13.6. The van der Waals surface area contributed by atoms with Crippen LogP contribution in [0.5, 0.6) is 0 Å². The number of halogens is 1. The SMILES string of the molecule is COCCCN(CC(=O)N1CCc2sccc2C1c1ccc(F)cc1)C(=O)Cc1cccs1. The van der Waals surface area contributed by atoms with E-state index in [1.54, 1.807) is 35.5 Å². The molecule has 0 fully saturated rings. The van der Waals surface area contributed by atoms with Crippen molar-refractivity contribution < 1.29 is 18.7 Å². The molecule has 3 heterocycles. The van der Waals surface area contributed by atoms with E-state index < -0.39 is 0 Å². The Kier molecular flexibility index (Phi) is 7.90. The molecule has 0 saturated heterocycles. The number of fused-ring (bicyclic) bond motifs is 1. The Morgan fingerprint density at radius 1 is 1.15 bits per heavy atom. The lowest BCUT2D eigenvalue weighted by Crippen LogP contribution is -2.47. The fourth-order valence-electron chi connectivity index (χ4n) is 4.21. The number of hydrogen-bond acceptors (Lipinski definition) is 5. The Morgan fingerprint density at radius 3 is 2.70 bits per heavy atom. The lowest BCUT2D eigenvalue weighted by Gasteiger charge is -2.37. The number of ether oxygens (including phenoxy) is 1. The van der Waals surface area contributed by atoms with Gasteiger partial charge in [-0.15, -0.1) is 22.7 Å². The third kappa shape index (κ3) is 5.69. The lowest BCUT2D eigenvalue weighted by molar-refractivity contribution is -0.141. The number of benzene rings is 1. The van der Waals surface area contributed by atoms with Gasteiger partial charge in [0.15, 0.2) is 0 Å². The molecular formula is C25H27FN2O3S2. The van der Waals surface area contributed by atoms with Crippen molar-refractivity contribution in [3.05, 3.63) is 79.9 Å². The van der Waals surface area contributed by atoms with E-state index in [9.17, 15) is 14.0 Å². The van der Waals surface area contributed by atoms with Crippen molar-refractivity contribution in [2.75, 3.05) is 33.4 Å². The molecule has 0 saturated carbocycles. The van der Waals surface area contributed by atoms with Gasteiger partial charge in [0.05, 0.1) is 19.0 Å². The Balaban J connectivity index is 1.55. The van der Waals surface area contributed by atoms with Gasteiger partial charge in [-0.1, -0.05) is 18.2 Å². The summed E-state index contributed by atoms with van der Waals surface area (Å²) in [6.07, 6.45) is 1.73. The first kappa shape index (κ1) is 23.6. The van der Waals surface area contributed by atoms with Gasteiger partial charge in [0, 0.05) is 36.6 Å². The molecule has 5 nitrogen and oxygen atoms in total. The van der Waals surface area contributed by atoms with Crippen LogP contribution in [0, 0.1) is 5.82 Å². The molecule has 1 unspecified atom stereocenters. The molecule has 2 amide bonds. The van der Waals surface area contributed by atoms with Crippen LogP contribution in [0.15, 0.2) is 53.2 Å². The fourth-order valence-corrected chi connectivity index (χ4v) is 5.81. The highest BCUT2D eigenvalue weighted by Crippen LogP contribution is 2.38. The maximum Gasteiger partial charge on any atom is 0.242 e. The van der Waals surface area contributed by atoms with Crippen LogP contribution in [0.25, 0.3) is 0 Å². The molecule has 0 spiro atoms. The predicted molar refractivity (Wildman–Crippen MR) is 129 cm³/mol. The number of nitrogens with zero attached hydrogens (tertiary/aromatic N) is 2. The smallest absolute Gasteiger partial charge is 0.242 e. The van der Waals surface area contributed by atoms with E-state index >= 15 is 0 Å². The van der Waals surface area contributed by atoms with Crippen LogP contribution in [0.4, 0.5) is 4.39 Å². The van der Waals surface area contributed by atoms with Gasteiger partial charge in [0.1, 0.15) is 5.82 Å². The van der Waals surface area contributed by atoms with Crippen LogP contribution in [0.3, 0.4) is 0 Å². The first-order valence-electron chi connectivity index (χ1n) is 11.0. The number of thiophene rings is 2. The average molecular weight is 487 g/mol. The zero-order chi connectivity index (χ0) is 23.2. The van der Waals surface area contributed by atoms with Gasteiger partial charge in [-0.3, -0.25) is 9.59 Å². The summed E-state index contributed by atoms with van der Waals surface area (Å²) >= 11 is 3.22. The minimum absolute atomic E-state index is 0.0189. The molecule has 8 heteroatoms. The van der Waals surface area contributed by atoms with Gasteiger partial charge in [0.25, 0.3) is 0 Å². The second-order valence-corrected chi connectivity index (χ2v) is 10.0. The van der Waals surface area contributed by atoms with Gasteiger partial charge in [-0.2, -0.15) is 0 Å². The lowest BCUT2D eigenvalue weighted by atomic mass is 9.93. The van der Waals surface area contributed by atoms with E-state index in [4.69, 9.17) is 4.74 Å². The molecule has 1 aliphatic heterocycles. The maximum atomic E-state index is 13.6. The molecule has 0 N–H and O–H groups in total. The van der Waals surface area contributed by atoms with Crippen molar-refractivity contribution in [2.45, 2.75) is 25.3 Å². The van der Waals surface area contributed by atoms with E-state index in [2.05, 4.69) is 0 Å². The average Bonchev–Trinajstić information content (AvgIpc) is 3.50.